The van der Waals surface area contributed by atoms with E-state index in [-0.39, 0.29) is 11.7 Å². The second-order valence-corrected chi connectivity index (χ2v) is 3.12. The van der Waals surface area contributed by atoms with Crippen LogP contribution in [0.25, 0.3) is 0 Å². The van der Waals surface area contributed by atoms with Crippen LogP contribution in [0.4, 0.5) is 14.5 Å². The third-order valence-corrected chi connectivity index (χ3v) is 1.75. The van der Waals surface area contributed by atoms with Crippen molar-refractivity contribution in [3.8, 4) is 0 Å². The molecule has 2 nitrogen and oxygen atoms in total. The fraction of sp³-hybridized carbons (Fsp3) is 0.400. The van der Waals surface area contributed by atoms with Crippen molar-refractivity contribution in [3.63, 3.8) is 0 Å². The third-order valence-electron chi connectivity index (χ3n) is 1.75. The Balaban J connectivity index is 2.70. The zero-order valence-electron chi connectivity index (χ0n) is 8.18. The Morgan fingerprint density at radius 2 is 2.14 bits per heavy atom. The maximum atomic E-state index is 13.1. The van der Waals surface area contributed by atoms with Crippen molar-refractivity contribution in [1.82, 2.24) is 0 Å². The highest BCUT2D eigenvalue weighted by Crippen LogP contribution is 2.16. The average Bonchev–Trinajstić information content (AvgIpc) is 2.12. The van der Waals surface area contributed by atoms with Crippen LogP contribution in [0.15, 0.2) is 18.2 Å². The van der Waals surface area contributed by atoms with Crippen molar-refractivity contribution in [2.24, 2.45) is 0 Å². The summed E-state index contributed by atoms with van der Waals surface area (Å²) in [6.45, 7) is 2.27. The van der Waals surface area contributed by atoms with Crippen molar-refractivity contribution in [2.45, 2.75) is 13.0 Å². The first-order chi connectivity index (χ1) is 6.63. The molecule has 0 radical (unpaired) electrons. The van der Waals surface area contributed by atoms with E-state index >= 15 is 0 Å². The number of rotatable bonds is 4. The van der Waals surface area contributed by atoms with Gasteiger partial charge in [0.2, 0.25) is 0 Å². The number of anilines is 1. The number of hydrogen-bond donors (Lipinski definition) is 1. The lowest BCUT2D eigenvalue weighted by Gasteiger charge is -2.14. The first-order valence-electron chi connectivity index (χ1n) is 4.34. The largest absolute Gasteiger partial charge is 0.383 e. The summed E-state index contributed by atoms with van der Waals surface area (Å²) in [4.78, 5) is 0. The summed E-state index contributed by atoms with van der Waals surface area (Å²) >= 11 is 0. The second kappa shape index (κ2) is 4.91. The maximum absolute atomic E-state index is 13.1. The molecule has 0 aromatic heterocycles. The first-order valence-corrected chi connectivity index (χ1v) is 4.34. The van der Waals surface area contributed by atoms with Crippen LogP contribution in [0, 0.1) is 11.6 Å². The summed E-state index contributed by atoms with van der Waals surface area (Å²) in [5.74, 6) is -0.923. The van der Waals surface area contributed by atoms with Crippen molar-refractivity contribution in [3.05, 3.63) is 29.8 Å². The van der Waals surface area contributed by atoms with Gasteiger partial charge >= 0.3 is 0 Å². The lowest BCUT2D eigenvalue weighted by atomic mass is 10.2. The Labute approximate surface area is 81.9 Å². The minimum absolute atomic E-state index is 0.0590. The Bertz CT molecular complexity index is 304. The Morgan fingerprint density at radius 3 is 2.79 bits per heavy atom. The molecule has 4 heteroatoms. The van der Waals surface area contributed by atoms with Gasteiger partial charge < -0.3 is 10.1 Å². The van der Waals surface area contributed by atoms with Gasteiger partial charge in [0.15, 0.2) is 0 Å². The number of halogens is 2. The number of methoxy groups -OCH3 is 1. The quantitative estimate of drug-likeness (QED) is 0.807. The molecular weight excluding hydrogens is 188 g/mol. The molecule has 1 aromatic carbocycles. The van der Waals surface area contributed by atoms with Gasteiger partial charge in [-0.25, -0.2) is 8.78 Å². The fourth-order valence-corrected chi connectivity index (χ4v) is 1.17. The molecule has 0 saturated carbocycles. The third kappa shape index (κ3) is 2.96. The first kappa shape index (κ1) is 10.9. The Kier molecular flexibility index (Phi) is 3.83. The Hall–Kier alpha value is -1.16. The van der Waals surface area contributed by atoms with E-state index in [0.29, 0.717) is 6.61 Å². The number of ether oxygens (including phenoxy) is 1. The molecule has 0 aliphatic carbocycles. The molecule has 1 N–H and O–H groups in total. The molecule has 14 heavy (non-hydrogen) atoms. The summed E-state index contributed by atoms with van der Waals surface area (Å²) in [5.41, 5.74) is 0.162. The summed E-state index contributed by atoms with van der Waals surface area (Å²) in [7, 11) is 1.56. The molecule has 1 rings (SSSR count). The van der Waals surface area contributed by atoms with Crippen LogP contribution in [0.2, 0.25) is 0 Å². The van der Waals surface area contributed by atoms with Gasteiger partial charge in [-0.15, -0.1) is 0 Å². The van der Waals surface area contributed by atoms with Crippen LogP contribution >= 0.6 is 0 Å². The number of benzene rings is 1. The molecule has 1 aromatic rings. The monoisotopic (exact) mass is 201 g/mol. The van der Waals surface area contributed by atoms with Crippen molar-refractivity contribution < 1.29 is 13.5 Å². The van der Waals surface area contributed by atoms with Crippen LogP contribution in [0.3, 0.4) is 0 Å². The molecule has 0 aliphatic heterocycles. The van der Waals surface area contributed by atoms with Gasteiger partial charge in [0.1, 0.15) is 11.6 Å². The van der Waals surface area contributed by atoms with E-state index in [1.807, 2.05) is 6.92 Å². The zero-order valence-corrected chi connectivity index (χ0v) is 8.18. The molecule has 0 fully saturated rings. The van der Waals surface area contributed by atoms with Gasteiger partial charge in [-0.2, -0.15) is 0 Å². The predicted octanol–water partition coefficient (Wildman–Crippen LogP) is 2.41. The van der Waals surface area contributed by atoms with Crippen molar-refractivity contribution in [2.75, 3.05) is 19.0 Å². The minimum Gasteiger partial charge on any atom is -0.383 e. The Morgan fingerprint density at radius 1 is 1.43 bits per heavy atom. The van der Waals surface area contributed by atoms with Gasteiger partial charge in [0, 0.05) is 13.2 Å². The highest BCUT2D eigenvalue weighted by molar-refractivity contribution is 5.45. The molecule has 0 aliphatic rings. The van der Waals surface area contributed by atoms with E-state index in [1.165, 1.54) is 0 Å². The smallest absolute Gasteiger partial charge is 0.146 e. The van der Waals surface area contributed by atoms with Gasteiger partial charge in [-0.3, -0.25) is 0 Å². The summed E-state index contributed by atoms with van der Waals surface area (Å²) in [6.07, 6.45) is 0. The minimum atomic E-state index is -0.464. The lowest BCUT2D eigenvalue weighted by molar-refractivity contribution is 0.190. The molecule has 0 spiro atoms. The van der Waals surface area contributed by atoms with Crippen LogP contribution in [0.5, 0.6) is 0 Å². The van der Waals surface area contributed by atoms with Crippen LogP contribution in [0.1, 0.15) is 6.92 Å². The molecule has 0 amide bonds. The van der Waals surface area contributed by atoms with E-state index < -0.39 is 11.6 Å². The molecule has 0 heterocycles. The molecule has 0 saturated heterocycles. The summed E-state index contributed by atoms with van der Waals surface area (Å²) in [6, 6.07) is 3.25. The van der Waals surface area contributed by atoms with E-state index in [0.717, 1.165) is 18.2 Å². The topological polar surface area (TPSA) is 21.3 Å². The van der Waals surface area contributed by atoms with Gasteiger partial charge in [0.05, 0.1) is 12.3 Å². The SMILES string of the molecule is COC[C@H](C)Nc1cc(F)ccc1F. The van der Waals surface area contributed by atoms with Gasteiger partial charge in [0.25, 0.3) is 0 Å². The predicted molar refractivity (Wildman–Crippen MR) is 51.3 cm³/mol. The normalized spacial score (nSPS) is 12.6. The highest BCUT2D eigenvalue weighted by Gasteiger charge is 2.06. The molecule has 78 valence electrons. The summed E-state index contributed by atoms with van der Waals surface area (Å²) < 4.78 is 30.7. The van der Waals surface area contributed by atoms with Crippen LogP contribution < -0.4 is 5.32 Å². The van der Waals surface area contributed by atoms with E-state index in [2.05, 4.69) is 5.32 Å². The van der Waals surface area contributed by atoms with Gasteiger partial charge in [-0.1, -0.05) is 0 Å². The molecule has 0 unspecified atom stereocenters. The van der Waals surface area contributed by atoms with Crippen molar-refractivity contribution >= 4 is 5.69 Å². The fourth-order valence-electron chi connectivity index (χ4n) is 1.17. The molecule has 1 atom stereocenters. The standard InChI is InChI=1S/C10H13F2NO/c1-7(6-14-2)13-10-5-8(11)3-4-9(10)12/h3-5,7,13H,6H2,1-2H3/t7-/m0/s1. The second-order valence-electron chi connectivity index (χ2n) is 3.12. The van der Waals surface area contributed by atoms with Gasteiger partial charge in [-0.05, 0) is 25.1 Å². The zero-order chi connectivity index (χ0) is 10.6. The molecular formula is C10H13F2NO. The lowest BCUT2D eigenvalue weighted by Crippen LogP contribution is -2.21. The van der Waals surface area contributed by atoms with E-state index in [4.69, 9.17) is 4.74 Å². The highest BCUT2D eigenvalue weighted by atomic mass is 19.1. The van der Waals surface area contributed by atoms with E-state index in [1.54, 1.807) is 7.11 Å². The van der Waals surface area contributed by atoms with Crippen LogP contribution in [-0.4, -0.2) is 19.8 Å². The van der Waals surface area contributed by atoms with E-state index in [9.17, 15) is 8.78 Å². The average molecular weight is 201 g/mol. The van der Waals surface area contributed by atoms with Crippen LogP contribution in [-0.2, 0) is 4.74 Å². The maximum Gasteiger partial charge on any atom is 0.146 e. The number of hydrogen-bond acceptors (Lipinski definition) is 2. The van der Waals surface area contributed by atoms with Crippen molar-refractivity contribution in [1.29, 1.82) is 0 Å². The summed E-state index contributed by atoms with van der Waals surface area (Å²) in [5, 5.41) is 2.81. The molecule has 0 bridgehead atoms. The number of nitrogens with one attached hydrogen (secondary N) is 1.